The number of halogens is 3. The van der Waals surface area contributed by atoms with Gasteiger partial charge in [0.1, 0.15) is 0 Å². The Morgan fingerprint density at radius 1 is 1.08 bits per heavy atom. The number of hydrogen-bond donors (Lipinski definition) is 0. The van der Waals surface area contributed by atoms with Crippen molar-refractivity contribution >= 4 is 15.7 Å². The van der Waals surface area contributed by atoms with Crippen LogP contribution in [0.2, 0.25) is 0 Å². The molecule has 26 heavy (non-hydrogen) atoms. The van der Waals surface area contributed by atoms with Crippen molar-refractivity contribution < 1.29 is 21.6 Å². The maximum Gasteiger partial charge on any atom is 0.416 e. The van der Waals surface area contributed by atoms with E-state index in [-0.39, 0.29) is 4.90 Å². The number of anilines is 1. The van der Waals surface area contributed by atoms with E-state index in [4.69, 9.17) is 0 Å². The van der Waals surface area contributed by atoms with Crippen LogP contribution in [0.25, 0.3) is 0 Å². The maximum atomic E-state index is 12.6. The van der Waals surface area contributed by atoms with Gasteiger partial charge in [-0.1, -0.05) is 12.1 Å². The number of nitrogens with zero attached hydrogens (tertiary/aromatic N) is 2. The van der Waals surface area contributed by atoms with E-state index in [1.165, 1.54) is 30.5 Å². The van der Waals surface area contributed by atoms with Gasteiger partial charge in [-0.05, 0) is 47.9 Å². The SMILES string of the molecule is CN(C)S(=O)(=O)c1ccc2c(c1)CCN2Cc1ccc(C(F)(F)F)cc1. The van der Waals surface area contributed by atoms with E-state index in [1.54, 1.807) is 18.2 Å². The van der Waals surface area contributed by atoms with Crippen LogP contribution in [0.5, 0.6) is 0 Å². The first-order valence-electron chi connectivity index (χ1n) is 8.05. The maximum absolute atomic E-state index is 12.6. The smallest absolute Gasteiger partial charge is 0.367 e. The van der Waals surface area contributed by atoms with Crippen LogP contribution < -0.4 is 4.90 Å². The zero-order valence-electron chi connectivity index (χ0n) is 14.4. The summed E-state index contributed by atoms with van der Waals surface area (Å²) in [4.78, 5) is 2.29. The Balaban J connectivity index is 1.80. The van der Waals surface area contributed by atoms with Gasteiger partial charge in [0.05, 0.1) is 10.5 Å². The second-order valence-electron chi connectivity index (χ2n) is 6.44. The fourth-order valence-corrected chi connectivity index (χ4v) is 3.95. The lowest BCUT2D eigenvalue weighted by Crippen LogP contribution is -2.22. The topological polar surface area (TPSA) is 40.6 Å². The average Bonchev–Trinajstić information content (AvgIpc) is 2.96. The van der Waals surface area contributed by atoms with Gasteiger partial charge >= 0.3 is 6.18 Å². The predicted molar refractivity (Wildman–Crippen MR) is 93.5 cm³/mol. The quantitative estimate of drug-likeness (QED) is 0.810. The van der Waals surface area contributed by atoms with E-state index >= 15 is 0 Å². The van der Waals surface area contributed by atoms with Gasteiger partial charge in [0.15, 0.2) is 0 Å². The lowest BCUT2D eigenvalue weighted by molar-refractivity contribution is -0.137. The first-order chi connectivity index (χ1) is 12.1. The third kappa shape index (κ3) is 3.57. The molecule has 0 saturated heterocycles. The summed E-state index contributed by atoms with van der Waals surface area (Å²) in [5.41, 5.74) is 1.96. The van der Waals surface area contributed by atoms with Crippen molar-refractivity contribution in [2.24, 2.45) is 0 Å². The molecule has 0 N–H and O–H groups in total. The summed E-state index contributed by atoms with van der Waals surface area (Å²) in [6.45, 7) is 1.17. The highest BCUT2D eigenvalue weighted by molar-refractivity contribution is 7.89. The largest absolute Gasteiger partial charge is 0.416 e. The molecule has 3 rings (SSSR count). The van der Waals surface area contributed by atoms with Crippen molar-refractivity contribution in [2.75, 3.05) is 25.5 Å². The molecular weight excluding hydrogens is 365 g/mol. The zero-order chi connectivity index (χ0) is 19.1. The molecule has 0 unspecified atom stereocenters. The number of alkyl halides is 3. The molecule has 1 aliphatic rings. The Bertz CT molecular complexity index is 907. The molecule has 2 aromatic carbocycles. The summed E-state index contributed by atoms with van der Waals surface area (Å²) in [5.74, 6) is 0. The van der Waals surface area contributed by atoms with Crippen LogP contribution in [0.15, 0.2) is 47.4 Å². The minimum Gasteiger partial charge on any atom is -0.367 e. The van der Waals surface area contributed by atoms with Crippen molar-refractivity contribution in [2.45, 2.75) is 24.0 Å². The Labute approximate surface area is 150 Å². The molecule has 0 fully saturated rings. The van der Waals surface area contributed by atoms with Gasteiger partial charge in [-0.25, -0.2) is 12.7 Å². The van der Waals surface area contributed by atoms with Gasteiger partial charge in [-0.2, -0.15) is 13.2 Å². The van der Waals surface area contributed by atoms with E-state index in [1.807, 2.05) is 4.90 Å². The van der Waals surface area contributed by atoms with Crippen LogP contribution in [-0.4, -0.2) is 33.4 Å². The number of hydrogen-bond acceptors (Lipinski definition) is 3. The Morgan fingerprint density at radius 3 is 2.31 bits per heavy atom. The van der Waals surface area contributed by atoms with Crippen molar-refractivity contribution in [3.8, 4) is 0 Å². The monoisotopic (exact) mass is 384 g/mol. The standard InChI is InChI=1S/C18H19F3N2O2S/c1-22(2)26(24,25)16-7-8-17-14(11-16)9-10-23(17)12-13-3-5-15(6-4-13)18(19,20)21/h3-8,11H,9-10,12H2,1-2H3. The molecule has 1 aliphatic heterocycles. The minimum absolute atomic E-state index is 0.248. The number of sulfonamides is 1. The van der Waals surface area contributed by atoms with Crippen molar-refractivity contribution in [1.29, 1.82) is 0 Å². The second kappa shape index (κ2) is 6.59. The summed E-state index contributed by atoms with van der Waals surface area (Å²) >= 11 is 0. The molecule has 4 nitrogen and oxygen atoms in total. The molecule has 0 spiro atoms. The zero-order valence-corrected chi connectivity index (χ0v) is 15.2. The van der Waals surface area contributed by atoms with Crippen LogP contribution in [0.3, 0.4) is 0 Å². The van der Waals surface area contributed by atoms with Crippen LogP contribution in [-0.2, 0) is 29.2 Å². The highest BCUT2D eigenvalue weighted by atomic mass is 32.2. The Hall–Kier alpha value is -2.06. The van der Waals surface area contributed by atoms with Crippen molar-refractivity contribution in [1.82, 2.24) is 4.31 Å². The van der Waals surface area contributed by atoms with E-state index in [2.05, 4.69) is 0 Å². The molecule has 0 saturated carbocycles. The first-order valence-corrected chi connectivity index (χ1v) is 9.49. The van der Waals surface area contributed by atoms with E-state index in [0.717, 1.165) is 28.9 Å². The van der Waals surface area contributed by atoms with Crippen LogP contribution in [0, 0.1) is 0 Å². The van der Waals surface area contributed by atoms with Crippen LogP contribution in [0.1, 0.15) is 16.7 Å². The minimum atomic E-state index is -4.34. The second-order valence-corrected chi connectivity index (χ2v) is 8.60. The predicted octanol–water partition coefficient (Wildman–Crippen LogP) is 3.52. The Kier molecular flexibility index (Phi) is 4.74. The Morgan fingerprint density at radius 2 is 1.73 bits per heavy atom. The molecule has 8 heteroatoms. The van der Waals surface area contributed by atoms with Gasteiger partial charge in [-0.3, -0.25) is 0 Å². The molecule has 0 radical (unpaired) electrons. The molecular formula is C18H19F3N2O2S. The van der Waals surface area contributed by atoms with Crippen LogP contribution >= 0.6 is 0 Å². The number of rotatable bonds is 4. The van der Waals surface area contributed by atoms with E-state index < -0.39 is 21.8 Å². The van der Waals surface area contributed by atoms with Gasteiger partial charge < -0.3 is 4.90 Å². The van der Waals surface area contributed by atoms with Crippen LogP contribution in [0.4, 0.5) is 18.9 Å². The molecule has 1 heterocycles. The van der Waals surface area contributed by atoms with Gasteiger partial charge in [0.2, 0.25) is 10.0 Å². The average molecular weight is 384 g/mol. The molecule has 0 amide bonds. The summed E-state index contributed by atoms with van der Waals surface area (Å²) in [7, 11) is -0.514. The van der Waals surface area contributed by atoms with Gasteiger partial charge in [0, 0.05) is 32.9 Å². The molecule has 0 aliphatic carbocycles. The third-order valence-electron chi connectivity index (χ3n) is 4.48. The van der Waals surface area contributed by atoms with E-state index in [9.17, 15) is 21.6 Å². The van der Waals surface area contributed by atoms with Gasteiger partial charge in [-0.15, -0.1) is 0 Å². The molecule has 2 aromatic rings. The lowest BCUT2D eigenvalue weighted by atomic mass is 10.1. The van der Waals surface area contributed by atoms with Crippen molar-refractivity contribution in [3.05, 3.63) is 59.2 Å². The normalized spacial score (nSPS) is 14.8. The molecule has 0 aromatic heterocycles. The van der Waals surface area contributed by atoms with Crippen molar-refractivity contribution in [3.63, 3.8) is 0 Å². The number of fused-ring (bicyclic) bond motifs is 1. The third-order valence-corrected chi connectivity index (χ3v) is 6.29. The highest BCUT2D eigenvalue weighted by Crippen LogP contribution is 2.33. The fraction of sp³-hybridized carbons (Fsp3) is 0.333. The summed E-state index contributed by atoms with van der Waals surface area (Å²) in [6, 6.07) is 10.1. The molecule has 0 bridgehead atoms. The molecule has 140 valence electrons. The first kappa shape index (κ1) is 18.7. The van der Waals surface area contributed by atoms with Gasteiger partial charge in [0.25, 0.3) is 0 Å². The summed E-state index contributed by atoms with van der Waals surface area (Å²) in [5, 5.41) is 0. The fourth-order valence-electron chi connectivity index (χ4n) is 3.00. The lowest BCUT2D eigenvalue weighted by Gasteiger charge is -2.20. The summed E-state index contributed by atoms with van der Waals surface area (Å²) in [6.07, 6.45) is -3.64. The van der Waals surface area contributed by atoms with E-state index in [0.29, 0.717) is 19.5 Å². The molecule has 0 atom stereocenters. The number of benzene rings is 2. The highest BCUT2D eigenvalue weighted by Gasteiger charge is 2.30. The summed E-state index contributed by atoms with van der Waals surface area (Å²) < 4.78 is 63.6.